The first-order chi connectivity index (χ1) is 12.4. The van der Waals surface area contributed by atoms with Crippen molar-refractivity contribution in [1.82, 2.24) is 0 Å². The highest BCUT2D eigenvalue weighted by Gasteiger charge is 2.14. The van der Waals surface area contributed by atoms with Crippen molar-refractivity contribution in [3.63, 3.8) is 0 Å². The van der Waals surface area contributed by atoms with Crippen molar-refractivity contribution >= 4 is 33.9 Å². The maximum atomic E-state index is 11.9. The van der Waals surface area contributed by atoms with Gasteiger partial charge in [-0.1, -0.05) is 22.0 Å². The molecule has 0 unspecified atom stereocenters. The van der Waals surface area contributed by atoms with Gasteiger partial charge in [-0.3, -0.25) is 0 Å². The quantitative estimate of drug-likeness (QED) is 0.539. The van der Waals surface area contributed by atoms with E-state index in [2.05, 4.69) is 15.9 Å². The summed E-state index contributed by atoms with van der Waals surface area (Å²) in [6.07, 6.45) is 2.53. The van der Waals surface area contributed by atoms with Gasteiger partial charge in [0.25, 0.3) is 0 Å². The number of aliphatic carboxylic acids is 1. The summed E-state index contributed by atoms with van der Waals surface area (Å²) < 4.78 is 16.6. The molecular weight excluding hydrogens is 404 g/mol. The highest BCUT2D eigenvalue weighted by molar-refractivity contribution is 9.10. The molecule has 0 fully saturated rings. The molecular formula is C19H17BrO6. The lowest BCUT2D eigenvalue weighted by molar-refractivity contribution is -0.131. The van der Waals surface area contributed by atoms with E-state index in [0.29, 0.717) is 28.2 Å². The number of carboxylic acid groups (broad SMARTS) is 1. The normalized spacial score (nSPS) is 10.6. The lowest BCUT2D eigenvalue weighted by Crippen LogP contribution is -2.06. The molecule has 136 valence electrons. The Labute approximate surface area is 159 Å². The third kappa shape index (κ3) is 5.10. The fraction of sp³-hybridized carbons (Fsp3) is 0.158. The Hall–Kier alpha value is -2.80. The second kappa shape index (κ2) is 9.05. The number of benzene rings is 2. The number of ether oxygens (including phenoxy) is 3. The van der Waals surface area contributed by atoms with Crippen molar-refractivity contribution in [2.24, 2.45) is 0 Å². The van der Waals surface area contributed by atoms with Gasteiger partial charge in [-0.05, 0) is 42.0 Å². The van der Waals surface area contributed by atoms with Crippen LogP contribution in [0.2, 0.25) is 0 Å². The highest BCUT2D eigenvalue weighted by Crippen LogP contribution is 2.27. The van der Waals surface area contributed by atoms with E-state index in [4.69, 9.17) is 19.3 Å². The van der Waals surface area contributed by atoms with Crippen molar-refractivity contribution in [1.29, 1.82) is 0 Å². The average molecular weight is 421 g/mol. The number of rotatable bonds is 7. The largest absolute Gasteiger partial charge is 0.496 e. The molecule has 6 nitrogen and oxygen atoms in total. The van der Waals surface area contributed by atoms with Crippen LogP contribution in [0.1, 0.15) is 21.5 Å². The Kier molecular flexibility index (Phi) is 6.80. The van der Waals surface area contributed by atoms with Crippen molar-refractivity contribution in [3.8, 4) is 11.5 Å². The number of carboxylic acids is 1. The molecule has 0 amide bonds. The van der Waals surface area contributed by atoms with Crippen LogP contribution >= 0.6 is 15.9 Å². The van der Waals surface area contributed by atoms with Crippen LogP contribution in [0.3, 0.4) is 0 Å². The number of methoxy groups -OCH3 is 2. The second-order valence-corrected chi connectivity index (χ2v) is 6.08. The Morgan fingerprint density at radius 3 is 2.50 bits per heavy atom. The number of esters is 1. The first kappa shape index (κ1) is 19.5. The molecule has 1 N–H and O–H groups in total. The van der Waals surface area contributed by atoms with Gasteiger partial charge in [-0.15, -0.1) is 0 Å². The summed E-state index contributed by atoms with van der Waals surface area (Å²) in [6.45, 7) is 0.129. The summed E-state index contributed by atoms with van der Waals surface area (Å²) >= 11 is 3.31. The van der Waals surface area contributed by atoms with Crippen LogP contribution in [0, 0.1) is 0 Å². The smallest absolute Gasteiger partial charge is 0.341 e. The molecule has 2 aromatic carbocycles. The molecule has 0 radical (unpaired) electrons. The zero-order valence-corrected chi connectivity index (χ0v) is 15.8. The Balaban J connectivity index is 2.27. The van der Waals surface area contributed by atoms with E-state index >= 15 is 0 Å². The molecule has 0 saturated carbocycles. The van der Waals surface area contributed by atoms with Crippen molar-refractivity contribution in [2.45, 2.75) is 6.61 Å². The molecule has 26 heavy (non-hydrogen) atoms. The van der Waals surface area contributed by atoms with E-state index < -0.39 is 11.9 Å². The number of hydrogen-bond donors (Lipinski definition) is 1. The third-order valence-corrected chi connectivity index (χ3v) is 3.95. The van der Waals surface area contributed by atoms with Gasteiger partial charge in [0, 0.05) is 16.1 Å². The third-order valence-electron chi connectivity index (χ3n) is 3.45. The van der Waals surface area contributed by atoms with E-state index in [1.54, 1.807) is 36.4 Å². The lowest BCUT2D eigenvalue weighted by atomic mass is 10.1. The summed E-state index contributed by atoms with van der Waals surface area (Å²) in [5, 5.41) is 8.74. The van der Waals surface area contributed by atoms with E-state index in [1.165, 1.54) is 20.3 Å². The monoisotopic (exact) mass is 420 g/mol. The molecule has 0 saturated heterocycles. The maximum Gasteiger partial charge on any atom is 0.341 e. The minimum absolute atomic E-state index is 0.129. The number of carbonyl (C=O) groups is 2. The fourth-order valence-electron chi connectivity index (χ4n) is 2.24. The zero-order chi connectivity index (χ0) is 19.1. The molecule has 0 spiro atoms. The van der Waals surface area contributed by atoms with Crippen LogP contribution in [0.25, 0.3) is 6.08 Å². The summed E-state index contributed by atoms with van der Waals surface area (Å²) in [5.41, 5.74) is 1.69. The average Bonchev–Trinajstić information content (AvgIpc) is 2.64. The van der Waals surface area contributed by atoms with Crippen molar-refractivity contribution < 1.29 is 28.9 Å². The van der Waals surface area contributed by atoms with Gasteiger partial charge in [0.05, 0.1) is 14.2 Å². The van der Waals surface area contributed by atoms with Crippen molar-refractivity contribution in [3.05, 3.63) is 63.6 Å². The first-order valence-electron chi connectivity index (χ1n) is 7.53. The number of hydrogen-bond acceptors (Lipinski definition) is 5. The molecule has 2 rings (SSSR count). The van der Waals surface area contributed by atoms with E-state index in [1.807, 2.05) is 0 Å². The van der Waals surface area contributed by atoms with E-state index in [-0.39, 0.29) is 6.61 Å². The Bertz CT molecular complexity index is 844. The fourth-order valence-corrected chi connectivity index (χ4v) is 2.60. The van der Waals surface area contributed by atoms with Gasteiger partial charge in [-0.2, -0.15) is 0 Å². The maximum absolute atomic E-state index is 11.9. The van der Waals surface area contributed by atoms with E-state index in [9.17, 15) is 9.59 Å². The summed E-state index contributed by atoms with van der Waals surface area (Å²) in [5.74, 6) is -0.578. The minimum atomic E-state index is -1.03. The van der Waals surface area contributed by atoms with Gasteiger partial charge in [0.2, 0.25) is 0 Å². The molecule has 0 aliphatic carbocycles. The summed E-state index contributed by atoms with van der Waals surface area (Å²) in [4.78, 5) is 22.6. The molecule has 0 aromatic heterocycles. The van der Waals surface area contributed by atoms with Gasteiger partial charge in [0.15, 0.2) is 0 Å². The zero-order valence-electron chi connectivity index (χ0n) is 14.2. The summed E-state index contributed by atoms with van der Waals surface area (Å²) in [6, 6.07) is 10.3. The number of halogens is 1. The second-order valence-electron chi connectivity index (χ2n) is 5.16. The van der Waals surface area contributed by atoms with Gasteiger partial charge in [-0.25, -0.2) is 9.59 Å². The van der Waals surface area contributed by atoms with Crippen molar-refractivity contribution in [2.75, 3.05) is 14.2 Å². The van der Waals surface area contributed by atoms with Crippen LogP contribution in [0.15, 0.2) is 46.9 Å². The molecule has 0 aliphatic heterocycles. The topological polar surface area (TPSA) is 82.1 Å². The number of carbonyl (C=O) groups excluding carboxylic acids is 1. The van der Waals surface area contributed by atoms with Crippen LogP contribution in [-0.4, -0.2) is 31.3 Å². The minimum Gasteiger partial charge on any atom is -0.496 e. The molecule has 2 aromatic rings. The van der Waals surface area contributed by atoms with E-state index in [0.717, 1.165) is 10.5 Å². The van der Waals surface area contributed by atoms with Gasteiger partial charge >= 0.3 is 11.9 Å². The molecule has 7 heteroatoms. The first-order valence-corrected chi connectivity index (χ1v) is 8.32. The SMILES string of the molecule is COC(=O)c1cc(Br)ccc1OCc1cc(C=CC(=O)O)ccc1OC. The molecule has 0 bridgehead atoms. The summed E-state index contributed by atoms with van der Waals surface area (Å²) in [7, 11) is 2.83. The van der Waals surface area contributed by atoms with Gasteiger partial charge < -0.3 is 19.3 Å². The van der Waals surface area contributed by atoms with Crippen LogP contribution in [0.5, 0.6) is 11.5 Å². The lowest BCUT2D eigenvalue weighted by Gasteiger charge is -2.13. The Morgan fingerprint density at radius 1 is 1.12 bits per heavy atom. The van der Waals surface area contributed by atoms with Crippen LogP contribution in [0.4, 0.5) is 0 Å². The molecule has 0 aliphatic rings. The molecule has 0 atom stereocenters. The van der Waals surface area contributed by atoms with Gasteiger partial charge in [0.1, 0.15) is 23.7 Å². The van der Waals surface area contributed by atoms with Crippen LogP contribution < -0.4 is 9.47 Å². The predicted octanol–water partition coefficient (Wildman–Crippen LogP) is 3.92. The highest BCUT2D eigenvalue weighted by atomic mass is 79.9. The standard InChI is InChI=1S/C19H17BrO6/c1-24-16-6-3-12(4-8-18(21)22)9-13(16)11-26-17-7-5-14(20)10-15(17)19(23)25-2/h3-10H,11H2,1-2H3,(H,21,22). The molecule has 0 heterocycles. The van der Waals surface area contributed by atoms with Crippen LogP contribution in [-0.2, 0) is 16.1 Å². The predicted molar refractivity (Wildman–Crippen MR) is 99.5 cm³/mol. The Morgan fingerprint density at radius 2 is 1.85 bits per heavy atom.